The van der Waals surface area contributed by atoms with Crippen LogP contribution in [0, 0.1) is 13.8 Å². The van der Waals surface area contributed by atoms with Crippen LogP contribution in [0.15, 0.2) is 63.9 Å². The van der Waals surface area contributed by atoms with Gasteiger partial charge in [-0.15, -0.1) is 4.57 Å². The number of fused-ring (bicyclic) bond motifs is 1. The predicted molar refractivity (Wildman–Crippen MR) is 120 cm³/mol. The van der Waals surface area contributed by atoms with E-state index in [1.165, 1.54) is 25.3 Å². The van der Waals surface area contributed by atoms with Crippen LogP contribution in [0.3, 0.4) is 0 Å². The number of carbonyl (C=O) groups excluding carboxylic acids is 2. The Morgan fingerprint density at radius 3 is 2.64 bits per heavy atom. The summed E-state index contributed by atoms with van der Waals surface area (Å²) in [6.45, 7) is 3.33. The number of rotatable bonds is 6. The van der Waals surface area contributed by atoms with Gasteiger partial charge in [0, 0.05) is 17.7 Å². The second kappa shape index (κ2) is 8.99. The van der Waals surface area contributed by atoms with Crippen LogP contribution in [0.5, 0.6) is 5.75 Å². The lowest BCUT2D eigenvalue weighted by molar-refractivity contribution is 0.0467. The molecule has 2 aromatic carbocycles. The van der Waals surface area contributed by atoms with Gasteiger partial charge < -0.3 is 19.3 Å². The topological polar surface area (TPSA) is 112 Å². The summed E-state index contributed by atoms with van der Waals surface area (Å²) in [5.74, 6) is -0.0454. The van der Waals surface area contributed by atoms with Gasteiger partial charge in [-0.05, 0) is 43.7 Å². The third kappa shape index (κ3) is 4.62. The monoisotopic (exact) mass is 447 g/mol. The third-order valence-corrected chi connectivity index (χ3v) is 4.95. The second-order valence-corrected chi connectivity index (χ2v) is 7.34. The van der Waals surface area contributed by atoms with Crippen molar-refractivity contribution >= 4 is 23.2 Å². The minimum atomic E-state index is -0.644. The number of hydrogen-bond donors (Lipinski definition) is 1. The average Bonchev–Trinajstić information content (AvgIpc) is 3.18. The maximum absolute atomic E-state index is 12.7. The van der Waals surface area contributed by atoms with Crippen molar-refractivity contribution in [3.63, 3.8) is 0 Å². The largest absolute Gasteiger partial charge is 0.495 e. The van der Waals surface area contributed by atoms with Crippen LogP contribution in [0.4, 0.5) is 5.69 Å². The lowest BCUT2D eigenvalue weighted by atomic mass is 10.1. The zero-order chi connectivity index (χ0) is 23.5. The highest BCUT2D eigenvalue weighted by molar-refractivity contribution is 6.06. The van der Waals surface area contributed by atoms with E-state index >= 15 is 0 Å². The number of hydrogen-bond acceptors (Lipinski definition) is 7. The molecule has 0 radical (unpaired) electrons. The summed E-state index contributed by atoms with van der Waals surface area (Å²) in [5, 5.41) is 2.78. The number of methoxy groups -OCH3 is 1. The van der Waals surface area contributed by atoms with Gasteiger partial charge in [-0.25, -0.2) is 9.78 Å². The Morgan fingerprint density at radius 1 is 1.09 bits per heavy atom. The lowest BCUT2D eigenvalue weighted by Gasteiger charge is -2.13. The lowest BCUT2D eigenvalue weighted by Crippen LogP contribution is -2.16. The molecule has 0 saturated carbocycles. The summed E-state index contributed by atoms with van der Waals surface area (Å²) in [5.41, 5.74) is 2.06. The number of aryl methyl sites for hydroxylation is 2. The highest BCUT2D eigenvalue weighted by Crippen LogP contribution is 2.27. The SMILES string of the molecule is COc1ccc(C(=O)OCc2cc(=O)n3oc(C)cc3n2)cc1NC(=O)c1ccccc1C. The summed E-state index contributed by atoms with van der Waals surface area (Å²) in [6.07, 6.45) is 0. The van der Waals surface area contributed by atoms with Gasteiger partial charge >= 0.3 is 5.97 Å². The van der Waals surface area contributed by atoms with Crippen LogP contribution in [0.2, 0.25) is 0 Å². The number of esters is 1. The Morgan fingerprint density at radius 2 is 1.88 bits per heavy atom. The number of benzene rings is 2. The van der Waals surface area contributed by atoms with E-state index in [1.807, 2.05) is 19.1 Å². The molecule has 0 bridgehead atoms. The molecule has 2 aromatic heterocycles. The number of carbonyl (C=O) groups is 2. The van der Waals surface area contributed by atoms with Crippen molar-refractivity contribution in [2.75, 3.05) is 12.4 Å². The molecule has 0 atom stereocenters. The molecule has 1 amide bonds. The number of nitrogens with one attached hydrogen (secondary N) is 1. The van der Waals surface area contributed by atoms with Gasteiger partial charge in [0.15, 0.2) is 5.65 Å². The molecule has 33 heavy (non-hydrogen) atoms. The van der Waals surface area contributed by atoms with Gasteiger partial charge in [0.25, 0.3) is 11.5 Å². The van der Waals surface area contributed by atoms with Crippen molar-refractivity contribution in [1.82, 2.24) is 9.56 Å². The molecule has 4 aromatic rings. The summed E-state index contributed by atoms with van der Waals surface area (Å²) >= 11 is 0. The zero-order valence-corrected chi connectivity index (χ0v) is 18.2. The molecule has 0 saturated heterocycles. The Balaban J connectivity index is 1.52. The first-order valence-corrected chi connectivity index (χ1v) is 10.1. The molecule has 0 aliphatic carbocycles. The minimum Gasteiger partial charge on any atom is -0.495 e. The molecule has 9 nitrogen and oxygen atoms in total. The normalized spacial score (nSPS) is 10.8. The van der Waals surface area contributed by atoms with Crippen LogP contribution in [-0.4, -0.2) is 28.5 Å². The maximum Gasteiger partial charge on any atom is 0.338 e. The first-order chi connectivity index (χ1) is 15.9. The number of aromatic nitrogens is 2. The third-order valence-electron chi connectivity index (χ3n) is 4.95. The second-order valence-electron chi connectivity index (χ2n) is 7.34. The summed E-state index contributed by atoms with van der Waals surface area (Å²) in [4.78, 5) is 41.7. The van der Waals surface area contributed by atoms with E-state index in [-0.39, 0.29) is 23.8 Å². The number of nitrogens with zero attached hydrogens (tertiary/aromatic N) is 2. The van der Waals surface area contributed by atoms with Gasteiger partial charge in [-0.3, -0.25) is 9.59 Å². The average molecular weight is 447 g/mol. The minimum absolute atomic E-state index is 0.202. The van der Waals surface area contributed by atoms with Crippen LogP contribution >= 0.6 is 0 Å². The van der Waals surface area contributed by atoms with Crippen molar-refractivity contribution < 1.29 is 23.6 Å². The smallest absolute Gasteiger partial charge is 0.338 e. The van der Waals surface area contributed by atoms with E-state index in [0.717, 1.165) is 10.1 Å². The van der Waals surface area contributed by atoms with Gasteiger partial charge in [-0.2, -0.15) is 0 Å². The molecule has 9 heteroatoms. The van der Waals surface area contributed by atoms with Gasteiger partial charge in [0.1, 0.15) is 18.1 Å². The molecule has 168 valence electrons. The van der Waals surface area contributed by atoms with Crippen LogP contribution < -0.4 is 15.6 Å². The molecule has 0 unspecified atom stereocenters. The highest BCUT2D eigenvalue weighted by atomic mass is 16.5. The van der Waals surface area contributed by atoms with E-state index in [0.29, 0.717) is 28.4 Å². The molecule has 4 rings (SSSR count). The van der Waals surface area contributed by atoms with E-state index in [2.05, 4.69) is 10.3 Å². The van der Waals surface area contributed by atoms with E-state index < -0.39 is 11.5 Å². The zero-order valence-electron chi connectivity index (χ0n) is 18.2. The Hall–Kier alpha value is -4.40. The number of amides is 1. The summed E-state index contributed by atoms with van der Waals surface area (Å²) in [6, 6.07) is 14.6. The van der Waals surface area contributed by atoms with Crippen molar-refractivity contribution in [3.8, 4) is 5.75 Å². The Labute approximate surface area is 188 Å². The highest BCUT2D eigenvalue weighted by Gasteiger charge is 2.16. The van der Waals surface area contributed by atoms with Gasteiger partial charge in [0.2, 0.25) is 0 Å². The number of anilines is 1. The Kier molecular flexibility index (Phi) is 5.95. The fourth-order valence-electron chi connectivity index (χ4n) is 3.32. The first-order valence-electron chi connectivity index (χ1n) is 10.1. The maximum atomic E-state index is 12.7. The molecule has 0 spiro atoms. The summed E-state index contributed by atoms with van der Waals surface area (Å²) < 4.78 is 16.9. The fourth-order valence-corrected chi connectivity index (χ4v) is 3.32. The van der Waals surface area contributed by atoms with E-state index in [9.17, 15) is 14.4 Å². The number of ether oxygens (including phenoxy) is 2. The molecule has 0 fully saturated rings. The van der Waals surface area contributed by atoms with Crippen LogP contribution in [-0.2, 0) is 11.3 Å². The van der Waals surface area contributed by atoms with Crippen molar-refractivity contribution in [2.45, 2.75) is 20.5 Å². The Bertz CT molecular complexity index is 1420. The molecular weight excluding hydrogens is 426 g/mol. The van der Waals surface area contributed by atoms with Crippen molar-refractivity contribution in [3.05, 3.63) is 93.1 Å². The first kappa shape index (κ1) is 21.8. The predicted octanol–water partition coefficient (Wildman–Crippen LogP) is 3.52. The van der Waals surface area contributed by atoms with Crippen molar-refractivity contribution in [2.24, 2.45) is 0 Å². The quantitative estimate of drug-likeness (QED) is 0.450. The van der Waals surface area contributed by atoms with E-state index in [1.54, 1.807) is 31.2 Å². The van der Waals surface area contributed by atoms with E-state index in [4.69, 9.17) is 14.0 Å². The summed E-state index contributed by atoms with van der Waals surface area (Å²) in [7, 11) is 1.47. The fraction of sp³-hybridized carbons (Fsp3) is 0.167. The molecule has 0 aliphatic heterocycles. The van der Waals surface area contributed by atoms with Crippen molar-refractivity contribution in [1.29, 1.82) is 0 Å². The standard InChI is InChI=1S/C24H21N3O6/c1-14-6-4-5-7-18(14)23(29)26-19-11-16(8-9-20(19)31-3)24(30)32-13-17-12-22(28)27-21(25-17)10-15(2)33-27/h4-12H,13H2,1-3H3,(H,26,29). The van der Waals surface area contributed by atoms with Crippen LogP contribution in [0.1, 0.15) is 37.7 Å². The van der Waals surface area contributed by atoms with Gasteiger partial charge in [-0.1, -0.05) is 18.2 Å². The molecule has 1 N–H and O–H groups in total. The van der Waals surface area contributed by atoms with Crippen LogP contribution in [0.25, 0.3) is 5.65 Å². The molecule has 0 aliphatic rings. The molecular formula is C24H21N3O6. The molecule has 2 heterocycles. The van der Waals surface area contributed by atoms with Gasteiger partial charge in [0.05, 0.1) is 24.1 Å².